The van der Waals surface area contributed by atoms with Crippen molar-refractivity contribution < 1.29 is 4.79 Å². The summed E-state index contributed by atoms with van der Waals surface area (Å²) in [6.45, 7) is 6.91. The molecule has 122 valence electrons. The average molecular weight is 366 g/mol. The van der Waals surface area contributed by atoms with Crippen LogP contribution in [0.2, 0.25) is 29.7 Å². The summed E-state index contributed by atoms with van der Waals surface area (Å²) in [5, 5.41) is 1.32. The van der Waals surface area contributed by atoms with E-state index in [-0.39, 0.29) is 5.91 Å². The van der Waals surface area contributed by atoms with E-state index >= 15 is 0 Å². The third kappa shape index (κ3) is 4.84. The van der Waals surface area contributed by atoms with Gasteiger partial charge in [-0.25, -0.2) is 0 Å². The van der Waals surface area contributed by atoms with Gasteiger partial charge in [0.2, 0.25) is 0 Å². The van der Waals surface area contributed by atoms with Crippen LogP contribution in [0.5, 0.6) is 0 Å². The van der Waals surface area contributed by atoms with Gasteiger partial charge in [0, 0.05) is 36.4 Å². The second kappa shape index (κ2) is 7.08. The first-order chi connectivity index (χ1) is 10.7. The normalized spacial score (nSPS) is 11.4. The summed E-state index contributed by atoms with van der Waals surface area (Å²) >= 11 is 12.1. The number of benzene rings is 2. The van der Waals surface area contributed by atoms with E-state index in [0.29, 0.717) is 15.6 Å². The van der Waals surface area contributed by atoms with Crippen LogP contribution in [-0.2, 0) is 6.04 Å². The minimum Gasteiger partial charge on any atom is -0.311 e. The van der Waals surface area contributed by atoms with E-state index in [1.807, 2.05) is 18.2 Å². The van der Waals surface area contributed by atoms with Crippen LogP contribution >= 0.6 is 23.2 Å². The Balaban J connectivity index is 2.36. The van der Waals surface area contributed by atoms with Crippen molar-refractivity contribution >= 4 is 42.9 Å². The van der Waals surface area contributed by atoms with Crippen molar-refractivity contribution in [2.45, 2.75) is 25.7 Å². The van der Waals surface area contributed by atoms with Crippen molar-refractivity contribution in [3.8, 4) is 0 Å². The van der Waals surface area contributed by atoms with Gasteiger partial charge in [-0.2, -0.15) is 0 Å². The lowest BCUT2D eigenvalue weighted by atomic mass is 10.1. The summed E-state index contributed by atoms with van der Waals surface area (Å²) < 4.78 is 0. The fourth-order valence-corrected chi connectivity index (χ4v) is 4.24. The lowest BCUT2D eigenvalue weighted by Gasteiger charge is -2.24. The standard InChI is InChI=1S/C18H21Cl2NOSi/c1-21(18(22)13-5-7-15(19)8-6-13)17-10-9-16(20)11-14(17)12-23(2,3)4/h5-11H,12H2,1-4H3. The van der Waals surface area contributed by atoms with Gasteiger partial charge in [0.15, 0.2) is 0 Å². The molecule has 0 N–H and O–H groups in total. The smallest absolute Gasteiger partial charge is 0.258 e. The molecule has 2 aromatic rings. The molecule has 0 fully saturated rings. The number of hydrogen-bond acceptors (Lipinski definition) is 1. The van der Waals surface area contributed by atoms with Crippen LogP contribution in [0.25, 0.3) is 0 Å². The molecular weight excluding hydrogens is 345 g/mol. The van der Waals surface area contributed by atoms with Crippen LogP contribution in [0.1, 0.15) is 15.9 Å². The molecule has 0 aliphatic rings. The number of rotatable bonds is 4. The first kappa shape index (κ1) is 18.1. The zero-order valence-corrected chi connectivity index (χ0v) is 16.4. The predicted molar refractivity (Wildman–Crippen MR) is 103 cm³/mol. The van der Waals surface area contributed by atoms with Crippen molar-refractivity contribution in [3.05, 3.63) is 63.6 Å². The Bertz CT molecular complexity index is 708. The highest BCUT2D eigenvalue weighted by Gasteiger charge is 2.21. The van der Waals surface area contributed by atoms with E-state index < -0.39 is 8.07 Å². The van der Waals surface area contributed by atoms with Crippen molar-refractivity contribution in [2.24, 2.45) is 0 Å². The van der Waals surface area contributed by atoms with E-state index in [2.05, 4.69) is 19.6 Å². The molecule has 0 unspecified atom stereocenters. The van der Waals surface area contributed by atoms with E-state index in [1.54, 1.807) is 36.2 Å². The van der Waals surface area contributed by atoms with Crippen LogP contribution in [-0.4, -0.2) is 21.0 Å². The summed E-state index contributed by atoms with van der Waals surface area (Å²) in [4.78, 5) is 14.4. The Hall–Kier alpha value is -1.29. The minimum absolute atomic E-state index is 0.0548. The Kier molecular flexibility index (Phi) is 5.56. The molecule has 0 aliphatic carbocycles. The van der Waals surface area contributed by atoms with Crippen LogP contribution in [0.4, 0.5) is 5.69 Å². The fraction of sp³-hybridized carbons (Fsp3) is 0.278. The monoisotopic (exact) mass is 365 g/mol. The van der Waals surface area contributed by atoms with Gasteiger partial charge < -0.3 is 4.90 Å². The second-order valence-electron chi connectivity index (χ2n) is 6.88. The zero-order chi connectivity index (χ0) is 17.2. The summed E-state index contributed by atoms with van der Waals surface area (Å²) in [5.74, 6) is -0.0548. The maximum Gasteiger partial charge on any atom is 0.258 e. The van der Waals surface area contributed by atoms with E-state index in [0.717, 1.165) is 17.3 Å². The quantitative estimate of drug-likeness (QED) is 0.637. The molecule has 2 rings (SSSR count). The third-order valence-electron chi connectivity index (χ3n) is 3.52. The van der Waals surface area contributed by atoms with Crippen LogP contribution in [0.3, 0.4) is 0 Å². The Morgan fingerprint density at radius 1 is 1.00 bits per heavy atom. The molecule has 2 nitrogen and oxygen atoms in total. The highest BCUT2D eigenvalue weighted by atomic mass is 35.5. The van der Waals surface area contributed by atoms with E-state index in [9.17, 15) is 4.79 Å². The number of halogens is 2. The SMILES string of the molecule is CN(C(=O)c1ccc(Cl)cc1)c1ccc(Cl)cc1C[Si](C)(C)C. The van der Waals surface area contributed by atoms with Crippen LogP contribution in [0.15, 0.2) is 42.5 Å². The molecule has 5 heteroatoms. The van der Waals surface area contributed by atoms with Gasteiger partial charge in [-0.05, 0) is 54.1 Å². The van der Waals surface area contributed by atoms with Crippen LogP contribution < -0.4 is 4.90 Å². The van der Waals surface area contributed by atoms with Gasteiger partial charge in [-0.1, -0.05) is 42.8 Å². The summed E-state index contributed by atoms with van der Waals surface area (Å²) in [7, 11) is 0.466. The number of carbonyl (C=O) groups excluding carboxylic acids is 1. The number of hydrogen-bond donors (Lipinski definition) is 0. The Labute approximate surface area is 149 Å². The molecular formula is C18H21Cl2NOSi. The fourth-order valence-electron chi connectivity index (χ4n) is 2.49. The van der Waals surface area contributed by atoms with Crippen molar-refractivity contribution in [2.75, 3.05) is 11.9 Å². The zero-order valence-electron chi connectivity index (χ0n) is 13.9. The number of carbonyl (C=O) groups is 1. The number of nitrogens with zero attached hydrogens (tertiary/aromatic N) is 1. The van der Waals surface area contributed by atoms with Crippen molar-refractivity contribution in [1.82, 2.24) is 0 Å². The van der Waals surface area contributed by atoms with Gasteiger partial charge in [0.05, 0.1) is 0 Å². The highest BCUT2D eigenvalue weighted by Crippen LogP contribution is 2.28. The molecule has 0 aromatic heterocycles. The molecule has 0 saturated carbocycles. The molecule has 0 atom stereocenters. The minimum atomic E-state index is -1.33. The maximum absolute atomic E-state index is 12.7. The highest BCUT2D eigenvalue weighted by molar-refractivity contribution is 6.75. The molecule has 0 aliphatic heterocycles. The second-order valence-corrected chi connectivity index (χ2v) is 13.2. The van der Waals surface area contributed by atoms with Gasteiger partial charge >= 0.3 is 0 Å². The Morgan fingerprint density at radius 3 is 2.13 bits per heavy atom. The topological polar surface area (TPSA) is 20.3 Å². The van der Waals surface area contributed by atoms with Crippen molar-refractivity contribution in [1.29, 1.82) is 0 Å². The first-order valence-electron chi connectivity index (χ1n) is 7.49. The number of anilines is 1. The molecule has 0 saturated heterocycles. The average Bonchev–Trinajstić information content (AvgIpc) is 2.45. The predicted octanol–water partition coefficient (Wildman–Crippen LogP) is 5.69. The lowest BCUT2D eigenvalue weighted by Crippen LogP contribution is -2.30. The molecule has 0 spiro atoms. The summed E-state index contributed by atoms with van der Waals surface area (Å²) in [6.07, 6.45) is 0. The van der Waals surface area contributed by atoms with E-state index in [4.69, 9.17) is 23.2 Å². The van der Waals surface area contributed by atoms with Crippen molar-refractivity contribution in [3.63, 3.8) is 0 Å². The molecule has 0 radical (unpaired) electrons. The lowest BCUT2D eigenvalue weighted by molar-refractivity contribution is 0.0993. The van der Waals surface area contributed by atoms with Gasteiger partial charge in [-0.15, -0.1) is 0 Å². The molecule has 0 bridgehead atoms. The van der Waals surface area contributed by atoms with Gasteiger partial charge in [-0.3, -0.25) is 4.79 Å². The maximum atomic E-state index is 12.7. The molecule has 2 aromatic carbocycles. The number of amides is 1. The third-order valence-corrected chi connectivity index (χ3v) is 5.45. The Morgan fingerprint density at radius 2 is 1.57 bits per heavy atom. The van der Waals surface area contributed by atoms with E-state index in [1.165, 1.54) is 0 Å². The van der Waals surface area contributed by atoms with Crippen LogP contribution in [0, 0.1) is 0 Å². The summed E-state index contributed by atoms with van der Waals surface area (Å²) in [5.41, 5.74) is 2.66. The summed E-state index contributed by atoms with van der Waals surface area (Å²) in [6, 6.07) is 13.6. The molecule has 0 heterocycles. The molecule has 1 amide bonds. The molecule has 23 heavy (non-hydrogen) atoms. The van der Waals surface area contributed by atoms with Gasteiger partial charge in [0.1, 0.15) is 0 Å². The largest absolute Gasteiger partial charge is 0.311 e. The van der Waals surface area contributed by atoms with Gasteiger partial charge in [0.25, 0.3) is 5.91 Å². The first-order valence-corrected chi connectivity index (χ1v) is 12.0.